The van der Waals surface area contributed by atoms with Crippen LogP contribution in [0.25, 0.3) is 10.4 Å². The van der Waals surface area contributed by atoms with Crippen LogP contribution in [0, 0.1) is 12.3 Å². The van der Waals surface area contributed by atoms with Gasteiger partial charge in [0.25, 0.3) is 0 Å². The lowest BCUT2D eigenvalue weighted by Gasteiger charge is -2.29. The molecule has 0 spiro atoms. The summed E-state index contributed by atoms with van der Waals surface area (Å²) in [5, 5.41) is 17.7. The third-order valence-electron chi connectivity index (χ3n) is 5.29. The van der Waals surface area contributed by atoms with Crippen molar-refractivity contribution in [2.45, 2.75) is 50.2 Å². The summed E-state index contributed by atoms with van der Waals surface area (Å²) in [4.78, 5) is 53.4. The van der Waals surface area contributed by atoms with Gasteiger partial charge in [-0.05, 0) is 30.0 Å². The molecule has 194 valence electrons. The van der Waals surface area contributed by atoms with Crippen LogP contribution in [0.2, 0.25) is 0 Å². The van der Waals surface area contributed by atoms with Gasteiger partial charge in [0.1, 0.15) is 12.1 Å². The first-order chi connectivity index (χ1) is 17.2. The predicted octanol–water partition coefficient (Wildman–Crippen LogP) is 0.0775. The Bertz CT molecular complexity index is 974. The van der Waals surface area contributed by atoms with Crippen molar-refractivity contribution in [3.8, 4) is 12.3 Å². The SMILES string of the molecule is C#CC[C@H](N)C(=O)NCC(=O)N(C)[C@@H](Cc1ccccc1)C(=O)N[C@H](CCCCNN=[N+]=[N-])C(=O)O. The van der Waals surface area contributed by atoms with Gasteiger partial charge in [-0.1, -0.05) is 30.3 Å². The highest BCUT2D eigenvalue weighted by molar-refractivity contribution is 5.92. The molecule has 1 rings (SSSR count). The Kier molecular flexibility index (Phi) is 13.5. The van der Waals surface area contributed by atoms with Crippen LogP contribution in [0.5, 0.6) is 0 Å². The van der Waals surface area contributed by atoms with E-state index in [9.17, 15) is 24.3 Å². The molecule has 1 aromatic carbocycles. The fourth-order valence-electron chi connectivity index (χ4n) is 3.21. The Balaban J connectivity index is 2.89. The number of unbranched alkanes of at least 4 members (excludes halogenated alkanes) is 1. The van der Waals surface area contributed by atoms with Gasteiger partial charge in [0.05, 0.1) is 19.1 Å². The highest BCUT2D eigenvalue weighted by Crippen LogP contribution is 2.10. The normalized spacial score (nSPS) is 12.6. The lowest BCUT2D eigenvalue weighted by Crippen LogP contribution is -2.55. The molecule has 6 N–H and O–H groups in total. The molecular formula is C23H32N8O5. The number of rotatable bonds is 16. The number of hydrogen-bond acceptors (Lipinski definition) is 6. The molecule has 0 saturated heterocycles. The molecule has 0 heterocycles. The number of nitrogens with two attached hydrogens (primary N) is 1. The van der Waals surface area contributed by atoms with Crippen molar-refractivity contribution in [3.05, 3.63) is 46.3 Å². The molecule has 3 amide bonds. The smallest absolute Gasteiger partial charge is 0.326 e. The van der Waals surface area contributed by atoms with Gasteiger partial charge < -0.3 is 26.4 Å². The molecule has 36 heavy (non-hydrogen) atoms. The number of aliphatic carboxylic acids is 1. The Hall–Kier alpha value is -4.27. The largest absolute Gasteiger partial charge is 0.480 e. The summed E-state index contributed by atoms with van der Waals surface area (Å²) < 4.78 is 0. The van der Waals surface area contributed by atoms with Crippen LogP contribution in [0.1, 0.15) is 31.2 Å². The van der Waals surface area contributed by atoms with Gasteiger partial charge in [-0.2, -0.15) is 4.91 Å². The number of nitrogens with zero attached hydrogens (tertiary/aromatic N) is 4. The van der Waals surface area contributed by atoms with E-state index < -0.39 is 48.4 Å². The molecule has 0 aliphatic carbocycles. The molecule has 0 unspecified atom stereocenters. The number of carbonyl (C=O) groups excluding carboxylic acids is 3. The number of hydrogen-bond donors (Lipinski definition) is 5. The molecule has 0 saturated carbocycles. The second kappa shape index (κ2) is 16.4. The molecule has 13 heteroatoms. The minimum atomic E-state index is -1.21. The summed E-state index contributed by atoms with van der Waals surface area (Å²) >= 11 is 0. The van der Waals surface area contributed by atoms with Crippen LogP contribution in [-0.2, 0) is 25.6 Å². The first-order valence-electron chi connectivity index (χ1n) is 11.3. The summed E-state index contributed by atoms with van der Waals surface area (Å²) in [7, 11) is 1.40. The Morgan fingerprint density at radius 1 is 1.22 bits per heavy atom. The van der Waals surface area contributed by atoms with Crippen molar-refractivity contribution in [1.82, 2.24) is 21.0 Å². The number of amides is 3. The minimum absolute atomic E-state index is 0.00702. The Morgan fingerprint density at radius 3 is 2.53 bits per heavy atom. The van der Waals surface area contributed by atoms with E-state index in [1.54, 1.807) is 30.3 Å². The van der Waals surface area contributed by atoms with Gasteiger partial charge in [-0.3, -0.25) is 19.8 Å². The number of carboxylic acid groups (broad SMARTS) is 1. The molecule has 0 aliphatic heterocycles. The first kappa shape index (κ1) is 29.8. The van der Waals surface area contributed by atoms with Gasteiger partial charge in [-0.15, -0.1) is 17.9 Å². The van der Waals surface area contributed by atoms with Crippen molar-refractivity contribution in [3.63, 3.8) is 0 Å². The maximum Gasteiger partial charge on any atom is 0.326 e. The van der Waals surface area contributed by atoms with Crippen molar-refractivity contribution in [2.24, 2.45) is 11.0 Å². The minimum Gasteiger partial charge on any atom is -0.480 e. The number of nitrogens with one attached hydrogen (secondary N) is 3. The highest BCUT2D eigenvalue weighted by Gasteiger charge is 2.30. The second-order valence-corrected chi connectivity index (χ2v) is 7.94. The van der Waals surface area contributed by atoms with E-state index in [-0.39, 0.29) is 19.3 Å². The number of benzene rings is 1. The van der Waals surface area contributed by atoms with E-state index >= 15 is 0 Å². The van der Waals surface area contributed by atoms with E-state index in [2.05, 4.69) is 32.1 Å². The fraction of sp³-hybridized carbons (Fsp3) is 0.478. The van der Waals surface area contributed by atoms with Crippen LogP contribution in [0.3, 0.4) is 0 Å². The molecule has 3 atom stereocenters. The fourth-order valence-corrected chi connectivity index (χ4v) is 3.21. The lowest BCUT2D eigenvalue weighted by molar-refractivity contribution is -0.144. The van der Waals surface area contributed by atoms with Crippen LogP contribution in [-0.4, -0.2) is 72.0 Å². The highest BCUT2D eigenvalue weighted by atomic mass is 16.4. The zero-order valence-corrected chi connectivity index (χ0v) is 20.1. The summed E-state index contributed by atoms with van der Waals surface area (Å²) in [6.07, 6.45) is 6.37. The van der Waals surface area contributed by atoms with E-state index in [1.165, 1.54) is 7.05 Å². The quantitative estimate of drug-likeness (QED) is 0.0527. The van der Waals surface area contributed by atoms with Crippen molar-refractivity contribution in [2.75, 3.05) is 20.1 Å². The molecule has 13 nitrogen and oxygen atoms in total. The number of carboxylic acids is 1. The zero-order chi connectivity index (χ0) is 26.9. The van der Waals surface area contributed by atoms with Gasteiger partial charge in [0, 0.05) is 19.9 Å². The standard InChI is InChI=1S/C23H32N8O5/c1-3-9-17(24)21(33)26-15-20(32)31(2)19(14-16-10-5-4-6-11-16)22(34)28-18(23(35)36)12-7-8-13-27-30-29-25/h1,4-6,10-11,17-19,27H,7-9,12-15,24H2,2H3,(H,26,33)(H,28,34)(H,35,36)/t17-,18+,19-/m0/s1. The van der Waals surface area contributed by atoms with Crippen LogP contribution >= 0.6 is 0 Å². The topological polar surface area (TPSA) is 203 Å². The molecule has 0 aromatic heterocycles. The third kappa shape index (κ3) is 10.8. The van der Waals surface area contributed by atoms with Crippen molar-refractivity contribution >= 4 is 23.7 Å². The predicted molar refractivity (Wildman–Crippen MR) is 132 cm³/mol. The van der Waals surface area contributed by atoms with Gasteiger partial charge in [0.15, 0.2) is 0 Å². The average Bonchev–Trinajstić information content (AvgIpc) is 2.86. The van der Waals surface area contributed by atoms with Gasteiger partial charge in [-0.25, -0.2) is 4.79 Å². The van der Waals surface area contributed by atoms with Gasteiger partial charge >= 0.3 is 5.97 Å². The van der Waals surface area contributed by atoms with E-state index in [0.29, 0.717) is 19.4 Å². The summed E-state index contributed by atoms with van der Waals surface area (Å²) in [6.45, 7) is -0.0539. The Labute approximate surface area is 209 Å². The van der Waals surface area contributed by atoms with E-state index in [4.69, 9.17) is 17.7 Å². The molecule has 1 aromatic rings. The summed E-state index contributed by atoms with van der Waals surface area (Å²) in [6, 6.07) is 5.75. The van der Waals surface area contributed by atoms with Gasteiger partial charge in [0.2, 0.25) is 17.7 Å². The third-order valence-corrected chi connectivity index (χ3v) is 5.29. The van der Waals surface area contributed by atoms with Crippen molar-refractivity contribution in [1.29, 1.82) is 0 Å². The number of carbonyl (C=O) groups is 4. The number of azide groups is 1. The number of likely N-dealkylation sites (N-methyl/N-ethyl adjacent to an activating group) is 1. The monoisotopic (exact) mass is 500 g/mol. The first-order valence-corrected chi connectivity index (χ1v) is 11.3. The Morgan fingerprint density at radius 2 is 1.92 bits per heavy atom. The summed E-state index contributed by atoms with van der Waals surface area (Å²) in [5.74, 6) is -0.757. The number of terminal acetylenes is 1. The maximum absolute atomic E-state index is 13.1. The maximum atomic E-state index is 13.1. The summed E-state index contributed by atoms with van der Waals surface area (Å²) in [5.41, 5.74) is 17.1. The second-order valence-electron chi connectivity index (χ2n) is 7.94. The molecule has 0 bridgehead atoms. The zero-order valence-electron chi connectivity index (χ0n) is 20.1. The van der Waals surface area contributed by atoms with Crippen molar-refractivity contribution < 1.29 is 24.3 Å². The van der Waals surface area contributed by atoms with Crippen LogP contribution < -0.4 is 21.8 Å². The van der Waals surface area contributed by atoms with E-state index in [0.717, 1.165) is 10.5 Å². The lowest BCUT2D eigenvalue weighted by atomic mass is 10.0. The average molecular weight is 501 g/mol. The van der Waals surface area contributed by atoms with E-state index in [1.807, 2.05) is 0 Å². The molecule has 0 fully saturated rings. The molecular weight excluding hydrogens is 468 g/mol. The van der Waals surface area contributed by atoms with Crippen LogP contribution in [0.4, 0.5) is 0 Å². The molecule has 0 radical (unpaired) electrons. The van der Waals surface area contributed by atoms with Crippen LogP contribution in [0.15, 0.2) is 35.6 Å². The molecule has 0 aliphatic rings.